The standard InChI is InChI=1S/C6H11IO5/c7-1-3(9)5(11)6(12)4(10)2-8/h3-5,8-11H,1-2H2/t3-,4+,5+/m1/s1. The molecule has 5 nitrogen and oxygen atoms in total. The maximum absolute atomic E-state index is 10.9. The topological polar surface area (TPSA) is 98.0 Å². The average Bonchev–Trinajstić information content (AvgIpc) is 2.12. The fourth-order valence-electron chi connectivity index (χ4n) is 0.561. The quantitative estimate of drug-likeness (QED) is 0.349. The lowest BCUT2D eigenvalue weighted by atomic mass is 10.1. The van der Waals surface area contributed by atoms with Gasteiger partial charge in [0.15, 0.2) is 5.78 Å². The molecule has 0 aromatic carbocycles. The average molecular weight is 290 g/mol. The van der Waals surface area contributed by atoms with E-state index < -0.39 is 30.7 Å². The third kappa shape index (κ3) is 3.31. The molecule has 12 heavy (non-hydrogen) atoms. The van der Waals surface area contributed by atoms with E-state index in [0.29, 0.717) is 0 Å². The second-order valence-corrected chi connectivity index (χ2v) is 3.15. The zero-order valence-electron chi connectivity index (χ0n) is 6.22. The van der Waals surface area contributed by atoms with Crippen LogP contribution in [0.3, 0.4) is 0 Å². The van der Waals surface area contributed by atoms with Gasteiger partial charge in [-0.2, -0.15) is 0 Å². The number of alkyl halides is 1. The molecule has 0 saturated carbocycles. The zero-order valence-corrected chi connectivity index (χ0v) is 8.38. The van der Waals surface area contributed by atoms with Gasteiger partial charge in [-0.15, -0.1) is 0 Å². The van der Waals surface area contributed by atoms with Gasteiger partial charge in [0.2, 0.25) is 0 Å². The number of carbonyl (C=O) groups is 1. The molecule has 72 valence electrons. The molecule has 0 spiro atoms. The molecule has 6 heteroatoms. The van der Waals surface area contributed by atoms with E-state index in [4.69, 9.17) is 20.4 Å². The van der Waals surface area contributed by atoms with Crippen LogP contribution in [0.4, 0.5) is 0 Å². The lowest BCUT2D eigenvalue weighted by Crippen LogP contribution is -2.42. The number of aliphatic hydroxyl groups excluding tert-OH is 4. The molecule has 0 bridgehead atoms. The van der Waals surface area contributed by atoms with Crippen molar-refractivity contribution in [2.24, 2.45) is 0 Å². The Morgan fingerprint density at radius 1 is 1.33 bits per heavy atom. The summed E-state index contributed by atoms with van der Waals surface area (Å²) in [7, 11) is 0. The summed E-state index contributed by atoms with van der Waals surface area (Å²) >= 11 is 1.79. The van der Waals surface area contributed by atoms with Crippen LogP contribution in [-0.4, -0.2) is 55.6 Å². The summed E-state index contributed by atoms with van der Waals surface area (Å²) in [5, 5.41) is 35.1. The first-order valence-electron chi connectivity index (χ1n) is 3.29. The van der Waals surface area contributed by atoms with E-state index in [1.165, 1.54) is 0 Å². The van der Waals surface area contributed by atoms with Crippen LogP contribution >= 0.6 is 22.6 Å². The Morgan fingerprint density at radius 2 is 1.83 bits per heavy atom. The molecule has 0 fully saturated rings. The number of aliphatic hydroxyl groups is 4. The third-order valence-electron chi connectivity index (χ3n) is 1.32. The molecule has 0 saturated heterocycles. The van der Waals surface area contributed by atoms with Gasteiger partial charge in [-0.1, -0.05) is 22.6 Å². The van der Waals surface area contributed by atoms with Crippen molar-refractivity contribution >= 4 is 28.4 Å². The molecule has 0 radical (unpaired) electrons. The highest BCUT2D eigenvalue weighted by molar-refractivity contribution is 14.1. The van der Waals surface area contributed by atoms with E-state index >= 15 is 0 Å². The van der Waals surface area contributed by atoms with E-state index in [0.717, 1.165) is 0 Å². The van der Waals surface area contributed by atoms with Gasteiger partial charge in [-0.05, 0) is 0 Å². The van der Waals surface area contributed by atoms with Gasteiger partial charge in [0, 0.05) is 4.43 Å². The first-order valence-corrected chi connectivity index (χ1v) is 4.81. The summed E-state index contributed by atoms with van der Waals surface area (Å²) in [6, 6.07) is 0. The first kappa shape index (κ1) is 12.2. The van der Waals surface area contributed by atoms with Crippen LogP contribution in [-0.2, 0) is 4.79 Å². The normalized spacial score (nSPS) is 18.4. The van der Waals surface area contributed by atoms with Gasteiger partial charge >= 0.3 is 0 Å². The van der Waals surface area contributed by atoms with Crippen molar-refractivity contribution in [3.63, 3.8) is 0 Å². The maximum atomic E-state index is 10.9. The summed E-state index contributed by atoms with van der Waals surface area (Å²) < 4.78 is 0.183. The highest BCUT2D eigenvalue weighted by Gasteiger charge is 2.28. The van der Waals surface area contributed by atoms with E-state index in [1.807, 2.05) is 0 Å². The van der Waals surface area contributed by atoms with Crippen LogP contribution < -0.4 is 0 Å². The molecule has 0 rings (SSSR count). The van der Waals surface area contributed by atoms with Crippen molar-refractivity contribution in [2.45, 2.75) is 18.3 Å². The van der Waals surface area contributed by atoms with Gasteiger partial charge in [-0.25, -0.2) is 0 Å². The van der Waals surface area contributed by atoms with Gasteiger partial charge in [0.1, 0.15) is 12.2 Å². The number of hydrogen-bond donors (Lipinski definition) is 4. The van der Waals surface area contributed by atoms with Crippen molar-refractivity contribution in [1.29, 1.82) is 0 Å². The van der Waals surface area contributed by atoms with Crippen LogP contribution in [0.15, 0.2) is 0 Å². The fraction of sp³-hybridized carbons (Fsp3) is 0.833. The second-order valence-electron chi connectivity index (χ2n) is 2.27. The summed E-state index contributed by atoms with van der Waals surface area (Å²) in [4.78, 5) is 10.9. The molecule has 4 N–H and O–H groups in total. The maximum Gasteiger partial charge on any atom is 0.194 e. The van der Waals surface area contributed by atoms with Crippen LogP contribution in [0, 0.1) is 0 Å². The molecule has 0 aliphatic heterocycles. The molecule has 0 aliphatic rings. The Bertz CT molecular complexity index is 151. The minimum Gasteiger partial charge on any atom is -0.393 e. The number of carbonyl (C=O) groups excluding carboxylic acids is 1. The Morgan fingerprint density at radius 3 is 2.17 bits per heavy atom. The molecular weight excluding hydrogens is 279 g/mol. The van der Waals surface area contributed by atoms with Gasteiger partial charge in [0.05, 0.1) is 12.7 Å². The number of Topliss-reactive ketones (excluding diaryl/α,β-unsaturated/α-hetero) is 1. The minimum absolute atomic E-state index is 0.183. The highest BCUT2D eigenvalue weighted by Crippen LogP contribution is 2.02. The molecule has 0 aromatic heterocycles. The SMILES string of the molecule is O=C([C@@H](O)[C@H](O)CI)[C@@H](O)CO. The lowest BCUT2D eigenvalue weighted by Gasteiger charge is -2.16. The van der Waals surface area contributed by atoms with Crippen molar-refractivity contribution in [2.75, 3.05) is 11.0 Å². The Hall–Kier alpha value is 0.240. The molecule has 0 amide bonds. The largest absolute Gasteiger partial charge is 0.393 e. The van der Waals surface area contributed by atoms with Crippen molar-refractivity contribution < 1.29 is 25.2 Å². The number of hydrogen-bond acceptors (Lipinski definition) is 5. The predicted molar refractivity (Wildman–Crippen MR) is 49.0 cm³/mol. The van der Waals surface area contributed by atoms with Crippen molar-refractivity contribution in [3.05, 3.63) is 0 Å². The minimum atomic E-state index is -1.62. The lowest BCUT2D eigenvalue weighted by molar-refractivity contribution is -0.142. The number of ketones is 1. The molecule has 0 aliphatic carbocycles. The monoisotopic (exact) mass is 290 g/mol. The second kappa shape index (κ2) is 5.81. The Kier molecular flexibility index (Phi) is 5.93. The molecule has 3 atom stereocenters. The Balaban J connectivity index is 4.09. The van der Waals surface area contributed by atoms with Crippen molar-refractivity contribution in [3.8, 4) is 0 Å². The number of rotatable bonds is 5. The molecule has 0 aromatic rings. The van der Waals surface area contributed by atoms with Gasteiger partial charge in [0.25, 0.3) is 0 Å². The number of halogens is 1. The predicted octanol–water partition coefficient (Wildman–Crippen LogP) is -1.93. The van der Waals surface area contributed by atoms with Crippen LogP contribution in [0.5, 0.6) is 0 Å². The third-order valence-corrected chi connectivity index (χ3v) is 2.22. The first-order chi connectivity index (χ1) is 5.54. The van der Waals surface area contributed by atoms with Crippen LogP contribution in [0.1, 0.15) is 0 Å². The van der Waals surface area contributed by atoms with Gasteiger partial charge in [-0.3, -0.25) is 4.79 Å². The smallest absolute Gasteiger partial charge is 0.194 e. The summed E-state index contributed by atoms with van der Waals surface area (Å²) in [6.45, 7) is -0.746. The van der Waals surface area contributed by atoms with Gasteiger partial charge < -0.3 is 20.4 Å². The van der Waals surface area contributed by atoms with Crippen molar-refractivity contribution in [1.82, 2.24) is 0 Å². The zero-order chi connectivity index (χ0) is 9.72. The van der Waals surface area contributed by atoms with E-state index in [9.17, 15) is 4.79 Å². The van der Waals surface area contributed by atoms with E-state index in [-0.39, 0.29) is 4.43 Å². The van der Waals surface area contributed by atoms with Crippen LogP contribution in [0.25, 0.3) is 0 Å². The summed E-state index contributed by atoms with van der Waals surface area (Å²) in [5.74, 6) is -0.957. The highest BCUT2D eigenvalue weighted by atomic mass is 127. The van der Waals surface area contributed by atoms with E-state index in [1.54, 1.807) is 22.6 Å². The summed E-state index contributed by atoms with van der Waals surface area (Å²) in [6.07, 6.45) is -4.43. The molecule has 0 unspecified atom stereocenters. The fourth-order valence-corrected chi connectivity index (χ4v) is 1.04. The molecule has 0 heterocycles. The Labute approximate surface area is 83.2 Å². The van der Waals surface area contributed by atoms with E-state index in [2.05, 4.69) is 0 Å². The van der Waals surface area contributed by atoms with Crippen LogP contribution in [0.2, 0.25) is 0 Å². The molecular formula is C6H11IO5. The summed E-state index contributed by atoms with van der Waals surface area (Å²) in [5.41, 5.74) is 0.